The van der Waals surface area contributed by atoms with E-state index in [9.17, 15) is 0 Å². The Morgan fingerprint density at radius 2 is 2.33 bits per heavy atom. The van der Waals surface area contributed by atoms with Crippen LogP contribution >= 0.6 is 11.8 Å². The van der Waals surface area contributed by atoms with Crippen molar-refractivity contribution in [2.45, 2.75) is 46.2 Å². The second kappa shape index (κ2) is 6.07. The summed E-state index contributed by atoms with van der Waals surface area (Å²) >= 11 is 2.07. The molecule has 0 aliphatic carbocycles. The van der Waals surface area contributed by atoms with E-state index in [-0.39, 0.29) is 0 Å². The van der Waals surface area contributed by atoms with Gasteiger partial charge < -0.3 is 5.32 Å². The van der Waals surface area contributed by atoms with Gasteiger partial charge in [-0.2, -0.15) is 11.8 Å². The fraction of sp³-hybridized carbons (Fsp3) is 0.667. The summed E-state index contributed by atoms with van der Waals surface area (Å²) in [5.41, 5.74) is 2.99. The van der Waals surface area contributed by atoms with Crippen molar-refractivity contribution in [3.8, 4) is 0 Å². The average molecular weight is 264 g/mol. The van der Waals surface area contributed by atoms with Gasteiger partial charge in [0.2, 0.25) is 0 Å². The largest absolute Gasteiger partial charge is 0.307 e. The van der Waals surface area contributed by atoms with Gasteiger partial charge in [0, 0.05) is 24.5 Å². The molecule has 1 aromatic heterocycles. The second-order valence-corrected chi connectivity index (χ2v) is 6.86. The van der Waals surface area contributed by atoms with E-state index in [2.05, 4.69) is 48.9 Å². The lowest BCUT2D eigenvalue weighted by Gasteiger charge is -2.39. The molecule has 2 heterocycles. The van der Waals surface area contributed by atoms with Gasteiger partial charge >= 0.3 is 0 Å². The summed E-state index contributed by atoms with van der Waals surface area (Å²) in [6, 6.07) is 4.82. The Morgan fingerprint density at radius 3 is 3.06 bits per heavy atom. The van der Waals surface area contributed by atoms with Crippen LogP contribution in [0.4, 0.5) is 0 Å². The summed E-state index contributed by atoms with van der Waals surface area (Å²) in [5, 5.41) is 3.72. The molecule has 0 saturated carbocycles. The molecule has 3 heteroatoms. The van der Waals surface area contributed by atoms with Crippen LogP contribution in [0.15, 0.2) is 18.3 Å². The van der Waals surface area contributed by atoms with Gasteiger partial charge in [0.15, 0.2) is 0 Å². The lowest BCUT2D eigenvalue weighted by atomic mass is 9.82. The van der Waals surface area contributed by atoms with E-state index in [1.807, 2.05) is 12.3 Å². The first-order chi connectivity index (χ1) is 8.63. The number of aryl methyl sites for hydroxylation is 1. The highest BCUT2D eigenvalue weighted by atomic mass is 32.2. The van der Waals surface area contributed by atoms with Crippen molar-refractivity contribution in [2.24, 2.45) is 5.41 Å². The molecule has 1 fully saturated rings. The molecule has 0 radical (unpaired) electrons. The zero-order valence-corrected chi connectivity index (χ0v) is 12.5. The number of pyridine rings is 1. The van der Waals surface area contributed by atoms with Crippen molar-refractivity contribution in [1.82, 2.24) is 10.3 Å². The second-order valence-electron chi connectivity index (χ2n) is 5.71. The number of aromatic nitrogens is 1. The van der Waals surface area contributed by atoms with Crippen LogP contribution in [-0.2, 0) is 13.0 Å². The maximum Gasteiger partial charge on any atom is 0.0573 e. The third kappa shape index (κ3) is 3.27. The van der Waals surface area contributed by atoms with E-state index in [0.717, 1.165) is 13.0 Å². The van der Waals surface area contributed by atoms with Gasteiger partial charge in [0.05, 0.1) is 5.69 Å². The molecule has 18 heavy (non-hydrogen) atoms. The van der Waals surface area contributed by atoms with Crippen LogP contribution in [0.2, 0.25) is 0 Å². The molecule has 0 spiro atoms. The molecule has 0 aromatic carbocycles. The minimum absolute atomic E-state index is 0.409. The highest BCUT2D eigenvalue weighted by molar-refractivity contribution is 7.99. The molecule has 2 nitrogen and oxygen atoms in total. The fourth-order valence-electron chi connectivity index (χ4n) is 2.44. The molecule has 0 bridgehead atoms. The lowest BCUT2D eigenvalue weighted by molar-refractivity contribution is 0.244. The van der Waals surface area contributed by atoms with Crippen LogP contribution in [0.5, 0.6) is 0 Å². The Kier molecular flexibility index (Phi) is 4.68. The number of nitrogens with zero attached hydrogens (tertiary/aromatic N) is 1. The molecule has 1 saturated heterocycles. The van der Waals surface area contributed by atoms with Gasteiger partial charge in [-0.3, -0.25) is 4.98 Å². The van der Waals surface area contributed by atoms with Crippen molar-refractivity contribution in [3.63, 3.8) is 0 Å². The third-order valence-corrected chi connectivity index (χ3v) is 5.06. The van der Waals surface area contributed by atoms with E-state index in [0.29, 0.717) is 11.5 Å². The summed E-state index contributed by atoms with van der Waals surface area (Å²) in [7, 11) is 0. The summed E-state index contributed by atoms with van der Waals surface area (Å²) in [6.07, 6.45) is 4.27. The minimum atomic E-state index is 0.409. The van der Waals surface area contributed by atoms with Crippen LogP contribution in [0.3, 0.4) is 0 Å². The van der Waals surface area contributed by atoms with Crippen LogP contribution in [0, 0.1) is 5.41 Å². The van der Waals surface area contributed by atoms with E-state index < -0.39 is 0 Å². The highest BCUT2D eigenvalue weighted by Gasteiger charge is 2.32. The SMILES string of the molecule is CCc1cccnc1CNC1CSCCC1(C)C. The molecule has 1 aliphatic heterocycles. The minimum Gasteiger partial charge on any atom is -0.307 e. The molecule has 1 aliphatic rings. The smallest absolute Gasteiger partial charge is 0.0573 e. The number of hydrogen-bond acceptors (Lipinski definition) is 3. The van der Waals surface area contributed by atoms with Gasteiger partial charge in [-0.25, -0.2) is 0 Å². The first-order valence-electron chi connectivity index (χ1n) is 6.87. The molecule has 100 valence electrons. The summed E-state index contributed by atoms with van der Waals surface area (Å²) < 4.78 is 0. The van der Waals surface area contributed by atoms with Crippen molar-refractivity contribution in [1.29, 1.82) is 0 Å². The Labute approximate surface area is 115 Å². The Morgan fingerprint density at radius 1 is 1.50 bits per heavy atom. The molecule has 1 aromatic rings. The Balaban J connectivity index is 1.98. The monoisotopic (exact) mass is 264 g/mol. The van der Waals surface area contributed by atoms with Crippen LogP contribution in [0.25, 0.3) is 0 Å². The average Bonchev–Trinajstić information content (AvgIpc) is 2.37. The van der Waals surface area contributed by atoms with Gasteiger partial charge in [-0.05, 0) is 35.6 Å². The summed E-state index contributed by atoms with van der Waals surface area (Å²) in [5.74, 6) is 2.52. The number of thioether (sulfide) groups is 1. The van der Waals surface area contributed by atoms with Gasteiger partial charge in [0.25, 0.3) is 0 Å². The van der Waals surface area contributed by atoms with Crippen molar-refractivity contribution < 1.29 is 0 Å². The van der Waals surface area contributed by atoms with Gasteiger partial charge in [0.1, 0.15) is 0 Å². The maximum atomic E-state index is 4.51. The molecule has 1 atom stereocenters. The van der Waals surface area contributed by atoms with E-state index >= 15 is 0 Å². The van der Waals surface area contributed by atoms with E-state index in [1.54, 1.807) is 0 Å². The van der Waals surface area contributed by atoms with E-state index in [1.165, 1.54) is 29.2 Å². The molecular formula is C15H24N2S. The number of rotatable bonds is 4. The Hall–Kier alpha value is -0.540. The van der Waals surface area contributed by atoms with Crippen molar-refractivity contribution in [3.05, 3.63) is 29.6 Å². The molecule has 2 rings (SSSR count). The van der Waals surface area contributed by atoms with Crippen molar-refractivity contribution >= 4 is 11.8 Å². The molecule has 0 amide bonds. The maximum absolute atomic E-state index is 4.51. The third-order valence-electron chi connectivity index (χ3n) is 4.00. The predicted octanol–water partition coefficient (Wildman–Crippen LogP) is 3.27. The first kappa shape index (κ1) is 13.9. The normalized spacial score (nSPS) is 22.9. The van der Waals surface area contributed by atoms with E-state index in [4.69, 9.17) is 0 Å². The highest BCUT2D eigenvalue weighted by Crippen LogP contribution is 2.34. The number of hydrogen-bond donors (Lipinski definition) is 1. The number of nitrogens with one attached hydrogen (secondary N) is 1. The van der Waals surface area contributed by atoms with Gasteiger partial charge in [-0.15, -0.1) is 0 Å². The topological polar surface area (TPSA) is 24.9 Å². The fourth-order valence-corrected chi connectivity index (χ4v) is 4.09. The zero-order chi connectivity index (χ0) is 13.0. The van der Waals surface area contributed by atoms with Crippen molar-refractivity contribution in [2.75, 3.05) is 11.5 Å². The van der Waals surface area contributed by atoms with Crippen LogP contribution in [-0.4, -0.2) is 22.5 Å². The zero-order valence-electron chi connectivity index (χ0n) is 11.7. The predicted molar refractivity (Wildman–Crippen MR) is 80.0 cm³/mol. The van der Waals surface area contributed by atoms with Crippen LogP contribution in [0.1, 0.15) is 38.4 Å². The quantitative estimate of drug-likeness (QED) is 0.903. The molecular weight excluding hydrogens is 240 g/mol. The Bertz CT molecular complexity index is 390. The summed E-state index contributed by atoms with van der Waals surface area (Å²) in [6.45, 7) is 7.85. The lowest BCUT2D eigenvalue weighted by Crippen LogP contribution is -2.46. The molecule has 1 N–H and O–H groups in total. The first-order valence-corrected chi connectivity index (χ1v) is 8.03. The standard InChI is InChI=1S/C15H24N2S/c1-4-12-6-5-8-16-13(12)10-17-14-11-18-9-7-15(14,2)3/h5-6,8,14,17H,4,7,9-11H2,1-3H3. The van der Waals surface area contributed by atoms with Crippen LogP contribution < -0.4 is 5.32 Å². The molecule has 1 unspecified atom stereocenters. The van der Waals surface area contributed by atoms with Gasteiger partial charge in [-0.1, -0.05) is 26.8 Å². The summed E-state index contributed by atoms with van der Waals surface area (Å²) in [4.78, 5) is 4.51.